The summed E-state index contributed by atoms with van der Waals surface area (Å²) < 4.78 is 3.28. The SMILES string of the molecule is CC(C)(C)c1cc2c(cc1C(C)(C)C)[CH]([Zr]([C]1=CC=CC1)=[C](c1cc(Cl)cc3ccccc13)c1cc(Cl)cc3ccccc13)c1cc(C(C)(C)C)c(C(C)(C)C)cc1-2. The third-order valence-corrected chi connectivity index (χ3v) is 21.0. The first kappa shape index (κ1) is 41.4. The van der Waals surface area contributed by atoms with Gasteiger partial charge in [0.25, 0.3) is 0 Å². The first-order valence-electron chi connectivity index (χ1n) is 21.0. The summed E-state index contributed by atoms with van der Waals surface area (Å²) >= 11 is 11.2. The predicted molar refractivity (Wildman–Crippen MR) is 251 cm³/mol. The van der Waals surface area contributed by atoms with Gasteiger partial charge in [-0.2, -0.15) is 0 Å². The Morgan fingerprint density at radius 1 is 0.517 bits per heavy atom. The molecule has 6 aromatic rings. The zero-order valence-electron chi connectivity index (χ0n) is 36.5. The van der Waals surface area contributed by atoms with Gasteiger partial charge in [-0.1, -0.05) is 0 Å². The van der Waals surface area contributed by atoms with Crippen LogP contribution in [-0.2, 0) is 42.9 Å². The molecule has 0 heterocycles. The van der Waals surface area contributed by atoms with Crippen LogP contribution in [-0.4, -0.2) is 3.21 Å². The Hall–Kier alpha value is -3.35. The molecule has 0 saturated carbocycles. The van der Waals surface area contributed by atoms with Gasteiger partial charge in [-0.05, 0) is 0 Å². The van der Waals surface area contributed by atoms with Crippen LogP contribution < -0.4 is 0 Å². The number of halogens is 2. The molecule has 0 bridgehead atoms. The molecular weight excluding hydrogens is 823 g/mol. The summed E-state index contributed by atoms with van der Waals surface area (Å²) in [6, 6.07) is 37.0. The fourth-order valence-corrected chi connectivity index (χ4v) is 19.2. The van der Waals surface area contributed by atoms with E-state index in [1.54, 1.807) is 3.28 Å². The summed E-state index contributed by atoms with van der Waals surface area (Å²) in [7, 11) is 0. The Bertz CT molecular complexity index is 2580. The monoisotopic (exact) mass is 878 g/mol. The Morgan fingerprint density at radius 2 is 0.914 bits per heavy atom. The summed E-state index contributed by atoms with van der Waals surface area (Å²) in [5.74, 6) is 0. The van der Waals surface area contributed by atoms with Crippen molar-refractivity contribution in [2.24, 2.45) is 0 Å². The van der Waals surface area contributed by atoms with Crippen molar-refractivity contribution in [3.05, 3.63) is 173 Å². The van der Waals surface area contributed by atoms with Crippen molar-refractivity contribution < 1.29 is 21.3 Å². The van der Waals surface area contributed by atoms with Crippen molar-refractivity contribution in [3.8, 4) is 11.1 Å². The Kier molecular flexibility index (Phi) is 10.5. The second-order valence-corrected chi connectivity index (χ2v) is 28.0. The van der Waals surface area contributed by atoms with E-state index in [0.717, 1.165) is 27.2 Å². The summed E-state index contributed by atoms with van der Waals surface area (Å²) in [6.07, 6.45) is 8.13. The molecule has 0 spiro atoms. The van der Waals surface area contributed by atoms with Crippen LogP contribution in [0.4, 0.5) is 0 Å². The molecule has 6 aromatic carbocycles. The molecule has 0 nitrogen and oxygen atoms in total. The minimum absolute atomic E-state index is 0.0235. The van der Waals surface area contributed by atoms with Gasteiger partial charge in [-0.15, -0.1) is 0 Å². The first-order chi connectivity index (χ1) is 27.1. The van der Waals surface area contributed by atoms with Gasteiger partial charge in [0.15, 0.2) is 0 Å². The van der Waals surface area contributed by atoms with E-state index in [1.165, 1.54) is 69.6 Å². The van der Waals surface area contributed by atoms with Gasteiger partial charge in [0.05, 0.1) is 0 Å². The number of hydrogen-bond donors (Lipinski definition) is 0. The average molecular weight is 881 g/mol. The van der Waals surface area contributed by atoms with Gasteiger partial charge in [0.2, 0.25) is 0 Å². The van der Waals surface area contributed by atoms with E-state index in [-0.39, 0.29) is 25.3 Å². The topological polar surface area (TPSA) is 0 Å². The van der Waals surface area contributed by atoms with Crippen molar-refractivity contribution in [1.82, 2.24) is 0 Å². The van der Waals surface area contributed by atoms with E-state index >= 15 is 0 Å². The molecule has 58 heavy (non-hydrogen) atoms. The second kappa shape index (κ2) is 14.7. The molecule has 0 radical (unpaired) electrons. The third kappa shape index (κ3) is 7.41. The second-order valence-electron chi connectivity index (χ2n) is 20.9. The third-order valence-electron chi connectivity index (χ3n) is 12.4. The predicted octanol–water partition coefficient (Wildman–Crippen LogP) is 16.3. The summed E-state index contributed by atoms with van der Waals surface area (Å²) in [5.41, 5.74) is 14.0. The minimum atomic E-state index is -3.25. The summed E-state index contributed by atoms with van der Waals surface area (Å²) in [5, 5.41) is 6.34. The van der Waals surface area contributed by atoms with Crippen LogP contribution in [0.3, 0.4) is 0 Å². The Morgan fingerprint density at radius 3 is 1.29 bits per heavy atom. The molecule has 296 valence electrons. The fourth-order valence-electron chi connectivity index (χ4n) is 9.67. The number of fused-ring (bicyclic) bond motifs is 5. The normalized spacial score (nSPS) is 14.6. The van der Waals surface area contributed by atoms with Gasteiger partial charge in [0, 0.05) is 0 Å². The summed E-state index contributed by atoms with van der Waals surface area (Å²) in [6.45, 7) is 28.7. The van der Waals surface area contributed by atoms with Crippen molar-refractivity contribution >= 4 is 48.0 Å². The molecule has 0 saturated heterocycles. The molecule has 2 aliphatic carbocycles. The van der Waals surface area contributed by atoms with Crippen LogP contribution in [0.2, 0.25) is 10.0 Å². The molecule has 0 atom stereocenters. The van der Waals surface area contributed by atoms with Crippen molar-refractivity contribution in [3.63, 3.8) is 0 Å². The average Bonchev–Trinajstić information content (AvgIpc) is 3.77. The zero-order valence-corrected chi connectivity index (χ0v) is 40.5. The maximum absolute atomic E-state index is 7.21. The Balaban J connectivity index is 1.64. The molecular formula is C55H58Cl2Zr. The maximum atomic E-state index is 7.21. The molecule has 3 heteroatoms. The zero-order chi connectivity index (χ0) is 41.7. The molecule has 0 N–H and O–H groups in total. The summed E-state index contributed by atoms with van der Waals surface area (Å²) in [4.78, 5) is 0. The molecule has 0 aromatic heterocycles. The molecule has 0 fully saturated rings. The van der Waals surface area contributed by atoms with E-state index in [0.29, 0.717) is 0 Å². The van der Waals surface area contributed by atoms with Crippen LogP contribution in [0.15, 0.2) is 119 Å². The molecule has 2 aliphatic rings. The van der Waals surface area contributed by atoms with Gasteiger partial charge in [-0.25, -0.2) is 0 Å². The van der Waals surface area contributed by atoms with Crippen LogP contribution in [0.25, 0.3) is 32.7 Å². The van der Waals surface area contributed by atoms with Crippen molar-refractivity contribution in [1.29, 1.82) is 0 Å². The van der Waals surface area contributed by atoms with Crippen LogP contribution >= 0.6 is 23.2 Å². The standard InChI is InChI=1S/C29H41.C21H12Cl2.C5H5.Zr/c1-26(2,3)22-14-18-13-19-15-23(27(4,5)6)25(29(10,11)12)17-21(19)20(18)16-24(22)28(7,8)9;22-18-10-14-5-1-3-7-20(14)16(12-18)9-17-13-19(23)11-15-6-2-4-8-21(15)17;1-2-4-5-3-1;/h13-17H,1-12H3;1-8,10-13H;1-3H,4H2;. The van der Waals surface area contributed by atoms with Gasteiger partial charge < -0.3 is 0 Å². The van der Waals surface area contributed by atoms with Crippen LogP contribution in [0, 0.1) is 0 Å². The van der Waals surface area contributed by atoms with E-state index in [2.05, 4.69) is 198 Å². The van der Waals surface area contributed by atoms with E-state index in [9.17, 15) is 0 Å². The van der Waals surface area contributed by atoms with E-state index in [1.807, 2.05) is 0 Å². The Labute approximate surface area is 365 Å². The molecule has 0 aliphatic heterocycles. The van der Waals surface area contributed by atoms with Crippen LogP contribution in [0.5, 0.6) is 0 Å². The van der Waals surface area contributed by atoms with E-state index < -0.39 is 21.3 Å². The molecule has 0 amide bonds. The quantitative estimate of drug-likeness (QED) is 0.165. The fraction of sp³-hybridized carbons (Fsp3) is 0.327. The van der Waals surface area contributed by atoms with Gasteiger partial charge in [0.1, 0.15) is 0 Å². The van der Waals surface area contributed by atoms with Gasteiger partial charge in [-0.3, -0.25) is 0 Å². The van der Waals surface area contributed by atoms with Crippen molar-refractivity contribution in [2.45, 2.75) is 115 Å². The van der Waals surface area contributed by atoms with E-state index in [4.69, 9.17) is 23.2 Å². The molecule has 8 rings (SSSR count). The number of allylic oxidation sites excluding steroid dienone is 4. The number of rotatable bonds is 4. The van der Waals surface area contributed by atoms with Gasteiger partial charge >= 0.3 is 368 Å². The van der Waals surface area contributed by atoms with Crippen LogP contribution in [0.1, 0.15) is 138 Å². The van der Waals surface area contributed by atoms with Crippen molar-refractivity contribution in [2.75, 3.05) is 0 Å². The molecule has 0 unspecified atom stereocenters. The number of benzene rings is 6. The number of hydrogen-bond acceptors (Lipinski definition) is 0. The first-order valence-corrected chi connectivity index (χ1v) is 25.6.